The molecule has 0 aromatic rings. The van der Waals surface area contributed by atoms with Crippen LogP contribution in [-0.4, -0.2) is 17.1 Å². The van der Waals surface area contributed by atoms with Gasteiger partial charge in [0.1, 0.15) is 0 Å². The standard InChI is InChI=1S/C12H19NO2/c13-11-8-1-7-2-9(11)5-12(3-7,4-8)6-10(14)15/h7-9,11H,1-6,13H2,(H,14,15). The van der Waals surface area contributed by atoms with Crippen molar-refractivity contribution >= 4 is 5.97 Å². The molecule has 0 amide bonds. The highest BCUT2D eigenvalue weighted by atomic mass is 16.4. The van der Waals surface area contributed by atoms with E-state index in [0.717, 1.165) is 25.2 Å². The third-order valence-electron chi connectivity index (χ3n) is 5.00. The molecule has 15 heavy (non-hydrogen) atoms. The Kier molecular flexibility index (Phi) is 1.91. The zero-order chi connectivity index (χ0) is 10.6. The molecular weight excluding hydrogens is 190 g/mol. The van der Waals surface area contributed by atoms with Gasteiger partial charge in [-0.25, -0.2) is 0 Å². The summed E-state index contributed by atoms with van der Waals surface area (Å²) in [4.78, 5) is 10.9. The Hall–Kier alpha value is -0.570. The van der Waals surface area contributed by atoms with Crippen LogP contribution in [-0.2, 0) is 4.79 Å². The largest absolute Gasteiger partial charge is 0.481 e. The zero-order valence-electron chi connectivity index (χ0n) is 8.98. The van der Waals surface area contributed by atoms with Crippen LogP contribution >= 0.6 is 0 Å². The van der Waals surface area contributed by atoms with Gasteiger partial charge in [0.05, 0.1) is 6.42 Å². The summed E-state index contributed by atoms with van der Waals surface area (Å²) in [6.07, 6.45) is 6.21. The fraction of sp³-hybridized carbons (Fsp3) is 0.917. The third-order valence-corrected chi connectivity index (χ3v) is 5.00. The molecule has 0 aromatic heterocycles. The highest BCUT2D eigenvalue weighted by Gasteiger charge is 2.54. The Bertz CT molecular complexity index is 286. The maximum Gasteiger partial charge on any atom is 0.303 e. The molecule has 0 heterocycles. The molecule has 3 nitrogen and oxygen atoms in total. The maximum absolute atomic E-state index is 10.9. The molecule has 0 aromatic carbocycles. The van der Waals surface area contributed by atoms with Gasteiger partial charge in [0.15, 0.2) is 0 Å². The third kappa shape index (κ3) is 1.40. The van der Waals surface area contributed by atoms with Gasteiger partial charge in [-0.2, -0.15) is 0 Å². The average molecular weight is 209 g/mol. The van der Waals surface area contributed by atoms with Gasteiger partial charge in [-0.15, -0.1) is 0 Å². The van der Waals surface area contributed by atoms with Gasteiger partial charge in [-0.05, 0) is 55.3 Å². The van der Waals surface area contributed by atoms with Crippen LogP contribution in [0.4, 0.5) is 0 Å². The monoisotopic (exact) mass is 209 g/mol. The van der Waals surface area contributed by atoms with Gasteiger partial charge in [0.2, 0.25) is 0 Å². The van der Waals surface area contributed by atoms with Crippen molar-refractivity contribution in [3.05, 3.63) is 0 Å². The van der Waals surface area contributed by atoms with Gasteiger partial charge in [0.25, 0.3) is 0 Å². The van der Waals surface area contributed by atoms with E-state index in [2.05, 4.69) is 0 Å². The summed E-state index contributed by atoms with van der Waals surface area (Å²) >= 11 is 0. The minimum atomic E-state index is -0.620. The lowest BCUT2D eigenvalue weighted by atomic mass is 9.47. The smallest absolute Gasteiger partial charge is 0.303 e. The second-order valence-electron chi connectivity index (χ2n) is 6.12. The van der Waals surface area contributed by atoms with E-state index in [4.69, 9.17) is 10.8 Å². The maximum atomic E-state index is 10.9. The summed E-state index contributed by atoms with van der Waals surface area (Å²) < 4.78 is 0. The Morgan fingerprint density at radius 3 is 2.40 bits per heavy atom. The molecule has 4 aliphatic carbocycles. The second kappa shape index (κ2) is 2.97. The normalized spacial score (nSPS) is 52.1. The van der Waals surface area contributed by atoms with Crippen molar-refractivity contribution in [3.8, 4) is 0 Å². The van der Waals surface area contributed by atoms with Crippen LogP contribution in [0.15, 0.2) is 0 Å². The summed E-state index contributed by atoms with van der Waals surface area (Å²) in [5, 5.41) is 9.01. The minimum absolute atomic E-state index is 0.123. The summed E-state index contributed by atoms with van der Waals surface area (Å²) in [6.45, 7) is 0. The quantitative estimate of drug-likeness (QED) is 0.726. The van der Waals surface area contributed by atoms with E-state index in [0.29, 0.717) is 24.3 Å². The van der Waals surface area contributed by atoms with Crippen LogP contribution in [0.25, 0.3) is 0 Å². The highest BCUT2D eigenvalue weighted by molar-refractivity contribution is 5.67. The van der Waals surface area contributed by atoms with E-state index in [9.17, 15) is 4.79 Å². The van der Waals surface area contributed by atoms with Crippen molar-refractivity contribution in [1.82, 2.24) is 0 Å². The molecule has 3 N–H and O–H groups in total. The first-order valence-electron chi connectivity index (χ1n) is 6.05. The predicted molar refractivity (Wildman–Crippen MR) is 56.2 cm³/mol. The number of nitrogens with two attached hydrogens (primary N) is 1. The van der Waals surface area contributed by atoms with Crippen molar-refractivity contribution in [1.29, 1.82) is 0 Å². The Balaban J connectivity index is 1.85. The molecule has 0 radical (unpaired) electrons. The van der Waals surface area contributed by atoms with E-state index < -0.39 is 5.97 Å². The van der Waals surface area contributed by atoms with Crippen molar-refractivity contribution in [3.63, 3.8) is 0 Å². The lowest BCUT2D eigenvalue weighted by molar-refractivity contribution is -0.146. The van der Waals surface area contributed by atoms with Crippen LogP contribution in [0, 0.1) is 23.2 Å². The van der Waals surface area contributed by atoms with Crippen molar-refractivity contribution in [2.45, 2.75) is 44.6 Å². The number of carboxylic acid groups (broad SMARTS) is 1. The molecule has 4 bridgehead atoms. The minimum Gasteiger partial charge on any atom is -0.481 e. The molecule has 0 saturated heterocycles. The first-order valence-corrected chi connectivity index (χ1v) is 6.05. The van der Waals surface area contributed by atoms with E-state index in [-0.39, 0.29) is 5.41 Å². The topological polar surface area (TPSA) is 63.3 Å². The second-order valence-corrected chi connectivity index (χ2v) is 6.12. The summed E-state index contributed by atoms with van der Waals surface area (Å²) in [6, 6.07) is 0.364. The molecule has 0 aliphatic heterocycles. The van der Waals surface area contributed by atoms with Crippen molar-refractivity contribution < 1.29 is 9.90 Å². The summed E-state index contributed by atoms with van der Waals surface area (Å²) in [5.74, 6) is 1.40. The van der Waals surface area contributed by atoms with Crippen LogP contribution in [0.3, 0.4) is 0 Å². The zero-order valence-corrected chi connectivity index (χ0v) is 8.98. The van der Waals surface area contributed by atoms with Crippen LogP contribution < -0.4 is 5.73 Å². The Morgan fingerprint density at radius 2 is 1.87 bits per heavy atom. The van der Waals surface area contributed by atoms with E-state index in [1.54, 1.807) is 0 Å². The van der Waals surface area contributed by atoms with E-state index in [1.807, 2.05) is 0 Å². The first-order chi connectivity index (χ1) is 7.08. The average Bonchev–Trinajstić information content (AvgIpc) is 2.10. The van der Waals surface area contributed by atoms with Crippen molar-refractivity contribution in [2.24, 2.45) is 28.9 Å². The van der Waals surface area contributed by atoms with E-state index in [1.165, 1.54) is 12.8 Å². The molecule has 84 valence electrons. The van der Waals surface area contributed by atoms with Crippen LogP contribution in [0.5, 0.6) is 0 Å². The van der Waals surface area contributed by atoms with E-state index >= 15 is 0 Å². The lowest BCUT2D eigenvalue weighted by Crippen LogP contribution is -2.57. The Morgan fingerprint density at radius 1 is 1.27 bits per heavy atom. The van der Waals surface area contributed by atoms with Crippen LogP contribution in [0.2, 0.25) is 0 Å². The number of aliphatic carboxylic acids is 1. The molecular formula is C12H19NO2. The first kappa shape index (κ1) is 9.64. The van der Waals surface area contributed by atoms with Gasteiger partial charge < -0.3 is 10.8 Å². The molecule has 3 heteroatoms. The van der Waals surface area contributed by atoms with Crippen LogP contribution in [0.1, 0.15) is 38.5 Å². The molecule has 2 atom stereocenters. The molecule has 4 fully saturated rings. The Labute approximate surface area is 90.0 Å². The number of carboxylic acids is 1. The highest BCUT2D eigenvalue weighted by Crippen LogP contribution is 2.60. The number of hydrogen-bond donors (Lipinski definition) is 2. The number of rotatable bonds is 2. The van der Waals surface area contributed by atoms with Gasteiger partial charge in [-0.3, -0.25) is 4.79 Å². The lowest BCUT2D eigenvalue weighted by Gasteiger charge is -2.59. The van der Waals surface area contributed by atoms with Gasteiger partial charge >= 0.3 is 5.97 Å². The molecule has 4 rings (SSSR count). The fourth-order valence-corrected chi connectivity index (χ4v) is 4.77. The SMILES string of the molecule is NC1C2CC3CC1CC(CC(=O)O)(C3)C2. The number of carbonyl (C=O) groups is 1. The van der Waals surface area contributed by atoms with Gasteiger partial charge in [0, 0.05) is 6.04 Å². The van der Waals surface area contributed by atoms with Crippen molar-refractivity contribution in [2.75, 3.05) is 0 Å². The van der Waals surface area contributed by atoms with Gasteiger partial charge in [-0.1, -0.05) is 0 Å². The molecule has 4 saturated carbocycles. The number of hydrogen-bond acceptors (Lipinski definition) is 2. The summed E-state index contributed by atoms with van der Waals surface area (Å²) in [5.41, 5.74) is 6.33. The summed E-state index contributed by atoms with van der Waals surface area (Å²) in [7, 11) is 0. The molecule has 4 aliphatic rings. The fourth-order valence-electron chi connectivity index (χ4n) is 4.77. The molecule has 0 spiro atoms. The molecule has 2 unspecified atom stereocenters. The predicted octanol–water partition coefficient (Wildman–Crippen LogP) is 1.61.